The van der Waals surface area contributed by atoms with Gasteiger partial charge in [-0.2, -0.15) is 0 Å². The van der Waals surface area contributed by atoms with E-state index in [-0.39, 0.29) is 5.60 Å². The average Bonchev–Trinajstić information content (AvgIpc) is 2.68. The van der Waals surface area contributed by atoms with Gasteiger partial charge in [0.15, 0.2) is 0 Å². The highest BCUT2D eigenvalue weighted by molar-refractivity contribution is 5.30. The first-order valence-electron chi connectivity index (χ1n) is 10.1. The van der Waals surface area contributed by atoms with Crippen molar-refractivity contribution in [3.63, 3.8) is 0 Å². The fourth-order valence-electron chi connectivity index (χ4n) is 4.23. The van der Waals surface area contributed by atoms with E-state index in [1.807, 2.05) is 0 Å². The summed E-state index contributed by atoms with van der Waals surface area (Å²) in [6, 6.07) is 19.3. The Bertz CT molecular complexity index is 681. The molecule has 1 heterocycles. The van der Waals surface area contributed by atoms with Crippen molar-refractivity contribution in [3.05, 3.63) is 65.7 Å². The highest BCUT2D eigenvalue weighted by Gasteiger charge is 2.33. The van der Waals surface area contributed by atoms with Crippen LogP contribution in [-0.4, -0.2) is 25.9 Å². The molecule has 0 aromatic heterocycles. The lowest BCUT2D eigenvalue weighted by molar-refractivity contribution is -0.0771. The van der Waals surface area contributed by atoms with Gasteiger partial charge >= 0.3 is 0 Å². The molecule has 1 N–H and O–H groups in total. The first-order valence-corrected chi connectivity index (χ1v) is 10.1. The van der Waals surface area contributed by atoms with Crippen LogP contribution in [0.5, 0.6) is 5.75 Å². The molecule has 1 aliphatic heterocycles. The molecule has 3 nitrogen and oxygen atoms in total. The van der Waals surface area contributed by atoms with Gasteiger partial charge in [0, 0.05) is 13.2 Å². The van der Waals surface area contributed by atoms with Crippen LogP contribution < -0.4 is 10.1 Å². The Morgan fingerprint density at radius 2 is 1.85 bits per heavy atom. The molecule has 2 aromatic carbocycles. The smallest absolute Gasteiger partial charge is 0.118 e. The molecule has 0 saturated carbocycles. The maximum Gasteiger partial charge on any atom is 0.118 e. The number of ether oxygens (including phenoxy) is 2. The summed E-state index contributed by atoms with van der Waals surface area (Å²) in [5.74, 6) is 2.12. The average molecular weight is 368 g/mol. The molecule has 0 spiro atoms. The Kier molecular flexibility index (Phi) is 6.92. The van der Waals surface area contributed by atoms with Crippen molar-refractivity contribution in [2.75, 3.05) is 20.3 Å². The summed E-state index contributed by atoms with van der Waals surface area (Å²) in [6.45, 7) is 7.25. The maximum absolute atomic E-state index is 5.97. The minimum atomic E-state index is -0.0227. The molecule has 3 rings (SSSR count). The van der Waals surface area contributed by atoms with Crippen LogP contribution in [0.2, 0.25) is 0 Å². The maximum atomic E-state index is 5.97. The lowest BCUT2D eigenvalue weighted by Crippen LogP contribution is -2.36. The summed E-state index contributed by atoms with van der Waals surface area (Å²) >= 11 is 0. The predicted octanol–water partition coefficient (Wildman–Crippen LogP) is 5.16. The van der Waals surface area contributed by atoms with Gasteiger partial charge in [-0.1, -0.05) is 42.5 Å². The summed E-state index contributed by atoms with van der Waals surface area (Å²) < 4.78 is 11.3. The van der Waals surface area contributed by atoms with E-state index in [4.69, 9.17) is 9.47 Å². The third-order valence-corrected chi connectivity index (χ3v) is 5.65. The summed E-state index contributed by atoms with van der Waals surface area (Å²) in [5.41, 5.74) is 2.73. The Morgan fingerprint density at radius 1 is 1.11 bits per heavy atom. The summed E-state index contributed by atoms with van der Waals surface area (Å²) in [5, 5.41) is 3.63. The lowest BCUT2D eigenvalue weighted by atomic mass is 9.75. The van der Waals surface area contributed by atoms with Gasteiger partial charge in [0.25, 0.3) is 0 Å². The van der Waals surface area contributed by atoms with E-state index in [1.165, 1.54) is 11.1 Å². The van der Waals surface area contributed by atoms with Gasteiger partial charge in [-0.15, -0.1) is 0 Å². The van der Waals surface area contributed by atoms with Gasteiger partial charge in [0.2, 0.25) is 0 Å². The quantitative estimate of drug-likeness (QED) is 0.654. The van der Waals surface area contributed by atoms with Crippen LogP contribution in [0.25, 0.3) is 0 Å². The number of nitrogens with one attached hydrogen (secondary N) is 1. The first kappa shape index (κ1) is 19.9. The molecular weight excluding hydrogens is 334 g/mol. The highest BCUT2D eigenvalue weighted by atomic mass is 16.5. The molecule has 146 valence electrons. The van der Waals surface area contributed by atoms with Gasteiger partial charge in [0.1, 0.15) is 5.75 Å². The molecule has 2 aromatic rings. The summed E-state index contributed by atoms with van der Waals surface area (Å²) in [4.78, 5) is 0. The lowest BCUT2D eigenvalue weighted by Gasteiger charge is -2.39. The third-order valence-electron chi connectivity index (χ3n) is 5.65. The first-order chi connectivity index (χ1) is 13.1. The molecule has 0 aliphatic carbocycles. The number of methoxy groups -OCH3 is 1. The second-order valence-electron chi connectivity index (χ2n) is 8.19. The molecule has 27 heavy (non-hydrogen) atoms. The molecule has 3 heteroatoms. The summed E-state index contributed by atoms with van der Waals surface area (Å²) in [6.07, 6.45) is 3.39. The Labute approximate surface area is 164 Å². The predicted molar refractivity (Wildman–Crippen MR) is 111 cm³/mol. The van der Waals surface area contributed by atoms with Crippen molar-refractivity contribution in [1.29, 1.82) is 0 Å². The Balaban J connectivity index is 1.65. The van der Waals surface area contributed by atoms with E-state index < -0.39 is 0 Å². The molecule has 1 fully saturated rings. The Morgan fingerprint density at radius 3 is 2.52 bits per heavy atom. The molecule has 1 aliphatic rings. The van der Waals surface area contributed by atoms with E-state index in [0.29, 0.717) is 11.8 Å². The fraction of sp³-hybridized carbons (Fsp3) is 0.500. The molecule has 0 bridgehead atoms. The van der Waals surface area contributed by atoms with Crippen molar-refractivity contribution in [2.45, 2.75) is 51.2 Å². The molecule has 2 atom stereocenters. The SMILES string of the molecule is COc1ccc([C@@H](CCNCc2ccccc2)[C@H]2CCOC(C)(C)C2)cc1. The van der Waals surface area contributed by atoms with Crippen molar-refractivity contribution < 1.29 is 9.47 Å². The van der Waals surface area contributed by atoms with Crippen LogP contribution in [0, 0.1) is 5.92 Å². The van der Waals surface area contributed by atoms with E-state index >= 15 is 0 Å². The second-order valence-corrected chi connectivity index (χ2v) is 8.19. The van der Waals surface area contributed by atoms with Crippen LogP contribution in [0.4, 0.5) is 0 Å². The summed E-state index contributed by atoms with van der Waals surface area (Å²) in [7, 11) is 1.72. The van der Waals surface area contributed by atoms with Crippen molar-refractivity contribution in [1.82, 2.24) is 5.32 Å². The van der Waals surface area contributed by atoms with Crippen LogP contribution in [0.3, 0.4) is 0 Å². The Hall–Kier alpha value is -1.84. The fourth-order valence-corrected chi connectivity index (χ4v) is 4.23. The van der Waals surface area contributed by atoms with Gasteiger partial charge in [0.05, 0.1) is 12.7 Å². The third kappa shape index (κ3) is 5.82. The van der Waals surface area contributed by atoms with Gasteiger partial charge in [-0.25, -0.2) is 0 Å². The number of rotatable bonds is 8. The normalized spacial score (nSPS) is 20.2. The molecular formula is C24H33NO2. The number of hydrogen-bond acceptors (Lipinski definition) is 3. The minimum absolute atomic E-state index is 0.0227. The molecule has 1 saturated heterocycles. The van der Waals surface area contributed by atoms with Crippen LogP contribution in [0.1, 0.15) is 50.2 Å². The monoisotopic (exact) mass is 367 g/mol. The van der Waals surface area contributed by atoms with Gasteiger partial charge < -0.3 is 14.8 Å². The van der Waals surface area contributed by atoms with Crippen molar-refractivity contribution in [2.24, 2.45) is 5.92 Å². The second kappa shape index (κ2) is 9.38. The van der Waals surface area contributed by atoms with Crippen molar-refractivity contribution >= 4 is 0 Å². The van der Waals surface area contributed by atoms with E-state index in [0.717, 1.165) is 44.7 Å². The molecule has 0 radical (unpaired) electrons. The minimum Gasteiger partial charge on any atom is -0.497 e. The van der Waals surface area contributed by atoms with Crippen LogP contribution in [-0.2, 0) is 11.3 Å². The van der Waals surface area contributed by atoms with E-state index in [1.54, 1.807) is 7.11 Å². The largest absolute Gasteiger partial charge is 0.497 e. The highest BCUT2D eigenvalue weighted by Crippen LogP contribution is 2.40. The van der Waals surface area contributed by atoms with E-state index in [9.17, 15) is 0 Å². The topological polar surface area (TPSA) is 30.5 Å². The van der Waals surface area contributed by atoms with Crippen molar-refractivity contribution in [3.8, 4) is 5.75 Å². The van der Waals surface area contributed by atoms with Gasteiger partial charge in [-0.05, 0) is 74.8 Å². The van der Waals surface area contributed by atoms with E-state index in [2.05, 4.69) is 73.8 Å². The van der Waals surface area contributed by atoms with Gasteiger partial charge in [-0.3, -0.25) is 0 Å². The number of hydrogen-bond donors (Lipinski definition) is 1. The molecule has 0 amide bonds. The van der Waals surface area contributed by atoms with Crippen LogP contribution in [0.15, 0.2) is 54.6 Å². The zero-order chi connectivity index (χ0) is 19.1. The standard InChI is InChI=1S/C24H33NO2/c1-24(2)17-21(14-16-27-24)23(20-9-11-22(26-3)12-10-20)13-15-25-18-19-7-5-4-6-8-19/h4-12,21,23,25H,13-18H2,1-3H3/t21-,23+/m0/s1. The zero-order valence-corrected chi connectivity index (χ0v) is 16.9. The van der Waals surface area contributed by atoms with Crippen LogP contribution >= 0.6 is 0 Å². The zero-order valence-electron chi connectivity index (χ0n) is 16.9. The number of benzene rings is 2. The molecule has 0 unspecified atom stereocenters.